The largest absolute Gasteiger partial charge is 0.481 e. The van der Waals surface area contributed by atoms with Crippen molar-refractivity contribution < 1.29 is 19.5 Å². The van der Waals surface area contributed by atoms with Crippen LogP contribution in [-0.4, -0.2) is 71.5 Å². The van der Waals surface area contributed by atoms with Gasteiger partial charge in [0.2, 0.25) is 0 Å². The van der Waals surface area contributed by atoms with Crippen LogP contribution in [0.15, 0.2) is 24.3 Å². The van der Waals surface area contributed by atoms with Crippen molar-refractivity contribution >= 4 is 23.7 Å². The van der Waals surface area contributed by atoms with Crippen LogP contribution in [-0.2, 0) is 4.79 Å². The van der Waals surface area contributed by atoms with Gasteiger partial charge in [-0.15, -0.1) is 0 Å². The Balaban J connectivity index is 1.86. The van der Waals surface area contributed by atoms with E-state index < -0.39 is 5.97 Å². The summed E-state index contributed by atoms with van der Waals surface area (Å²) in [4.78, 5) is 36.7. The van der Waals surface area contributed by atoms with Crippen LogP contribution in [0.1, 0.15) is 33.6 Å². The molecule has 1 heterocycles. The molecule has 0 unspecified atom stereocenters. The van der Waals surface area contributed by atoms with Crippen LogP contribution in [0, 0.1) is 5.41 Å². The lowest BCUT2D eigenvalue weighted by Gasteiger charge is -2.34. The van der Waals surface area contributed by atoms with Gasteiger partial charge in [-0.2, -0.15) is 0 Å². The van der Waals surface area contributed by atoms with E-state index in [4.69, 9.17) is 16.2 Å². The summed E-state index contributed by atoms with van der Waals surface area (Å²) in [5.41, 5.74) is 8.91. The van der Waals surface area contributed by atoms with Gasteiger partial charge in [0, 0.05) is 50.3 Å². The monoisotopic (exact) mass is 376 g/mol. The van der Waals surface area contributed by atoms with Gasteiger partial charge in [0.15, 0.2) is 5.96 Å². The molecule has 146 valence electrons. The number of aliphatic carboxylic acids is 1. The first kappa shape index (κ1) is 20.2. The molecule has 0 bridgehead atoms. The molecule has 0 saturated carbocycles. The molecule has 1 aliphatic rings. The third kappa shape index (κ3) is 6.26. The first-order valence-corrected chi connectivity index (χ1v) is 8.62. The summed E-state index contributed by atoms with van der Waals surface area (Å²) < 4.78 is 0. The molecule has 1 fully saturated rings. The molecule has 1 saturated heterocycles. The summed E-state index contributed by atoms with van der Waals surface area (Å²) in [7, 11) is 0. The first-order valence-electron chi connectivity index (χ1n) is 8.62. The van der Waals surface area contributed by atoms with Gasteiger partial charge in [0.05, 0.1) is 0 Å². The van der Waals surface area contributed by atoms with Crippen molar-refractivity contribution in [1.82, 2.24) is 20.7 Å². The Bertz CT molecular complexity index is 715. The highest BCUT2D eigenvalue weighted by atomic mass is 16.4. The highest BCUT2D eigenvalue weighted by Gasteiger charge is 2.20. The number of guanidine groups is 1. The third-order valence-corrected chi connectivity index (χ3v) is 4.12. The number of carboxylic acids is 1. The Kier molecular flexibility index (Phi) is 7.12. The second-order valence-corrected chi connectivity index (χ2v) is 6.13. The number of hydrogen-bond acceptors (Lipinski definition) is 5. The molecular weight excluding hydrogens is 352 g/mol. The third-order valence-electron chi connectivity index (χ3n) is 4.12. The summed E-state index contributed by atoms with van der Waals surface area (Å²) >= 11 is 0. The van der Waals surface area contributed by atoms with Crippen LogP contribution in [0.3, 0.4) is 0 Å². The summed E-state index contributed by atoms with van der Waals surface area (Å²) in [6.07, 6.45) is 0.326. The fourth-order valence-electron chi connectivity index (χ4n) is 2.61. The second kappa shape index (κ2) is 9.53. The van der Waals surface area contributed by atoms with Crippen LogP contribution >= 0.6 is 0 Å². The van der Waals surface area contributed by atoms with Gasteiger partial charge in [-0.3, -0.25) is 25.2 Å². The van der Waals surface area contributed by atoms with Crippen molar-refractivity contribution in [2.24, 2.45) is 5.73 Å². The van der Waals surface area contributed by atoms with E-state index in [2.05, 4.69) is 10.7 Å². The van der Waals surface area contributed by atoms with Crippen molar-refractivity contribution in [2.45, 2.75) is 12.8 Å². The zero-order valence-corrected chi connectivity index (χ0v) is 14.9. The topological polar surface area (TPSA) is 152 Å². The fourth-order valence-corrected chi connectivity index (χ4v) is 2.61. The van der Waals surface area contributed by atoms with Crippen LogP contribution in [0.2, 0.25) is 0 Å². The van der Waals surface area contributed by atoms with E-state index >= 15 is 0 Å². The smallest absolute Gasteiger partial charge is 0.303 e. The predicted octanol–water partition coefficient (Wildman–Crippen LogP) is -0.563. The van der Waals surface area contributed by atoms with Crippen molar-refractivity contribution in [1.29, 1.82) is 5.41 Å². The molecule has 0 aliphatic carbocycles. The molecule has 1 aromatic carbocycles. The molecule has 2 rings (SSSR count). The lowest BCUT2D eigenvalue weighted by molar-refractivity contribution is -0.137. The van der Waals surface area contributed by atoms with E-state index in [1.54, 1.807) is 28.1 Å². The number of benzene rings is 1. The van der Waals surface area contributed by atoms with Crippen LogP contribution in [0.25, 0.3) is 0 Å². The molecule has 1 aromatic rings. The lowest BCUT2D eigenvalue weighted by Crippen LogP contribution is -2.55. The maximum absolute atomic E-state index is 12.4. The van der Waals surface area contributed by atoms with Crippen LogP contribution in [0.5, 0.6) is 0 Å². The number of nitrogens with zero attached hydrogens (tertiary/aromatic N) is 2. The van der Waals surface area contributed by atoms with E-state index in [9.17, 15) is 14.4 Å². The average Bonchev–Trinajstić information content (AvgIpc) is 2.65. The lowest BCUT2D eigenvalue weighted by atomic mass is 10.1. The quantitative estimate of drug-likeness (QED) is 0.243. The SMILES string of the molecule is N=C(N)N1CCN(NC(=O)c2cccc(C(=O)NCCCC(=O)O)c2)CC1. The summed E-state index contributed by atoms with van der Waals surface area (Å²) in [6, 6.07) is 6.32. The second-order valence-electron chi connectivity index (χ2n) is 6.13. The van der Waals surface area contributed by atoms with Crippen molar-refractivity contribution in [3.63, 3.8) is 0 Å². The van der Waals surface area contributed by atoms with Gasteiger partial charge in [-0.25, -0.2) is 5.01 Å². The number of piperazine rings is 1. The molecule has 0 atom stereocenters. The maximum Gasteiger partial charge on any atom is 0.303 e. The Labute approximate surface area is 156 Å². The number of nitrogens with one attached hydrogen (secondary N) is 3. The molecule has 10 heteroatoms. The number of rotatable bonds is 7. The normalized spacial score (nSPS) is 14.4. The minimum Gasteiger partial charge on any atom is -0.481 e. The van der Waals surface area contributed by atoms with E-state index in [1.807, 2.05) is 0 Å². The fraction of sp³-hybridized carbons (Fsp3) is 0.412. The molecule has 2 amide bonds. The number of carbonyl (C=O) groups is 3. The molecule has 0 aromatic heterocycles. The van der Waals surface area contributed by atoms with E-state index in [1.165, 1.54) is 6.07 Å². The Morgan fingerprint density at radius 2 is 1.74 bits per heavy atom. The minimum absolute atomic E-state index is 0.0143. The van der Waals surface area contributed by atoms with Gasteiger partial charge in [-0.05, 0) is 24.6 Å². The van der Waals surface area contributed by atoms with Gasteiger partial charge in [0.1, 0.15) is 0 Å². The molecule has 27 heavy (non-hydrogen) atoms. The van der Waals surface area contributed by atoms with E-state index in [-0.39, 0.29) is 30.7 Å². The molecule has 0 spiro atoms. The summed E-state index contributed by atoms with van der Waals surface area (Å²) in [5.74, 6) is -1.58. The predicted molar refractivity (Wildman–Crippen MR) is 98.2 cm³/mol. The van der Waals surface area contributed by atoms with Crippen LogP contribution < -0.4 is 16.5 Å². The number of carbonyl (C=O) groups excluding carboxylic acids is 2. The van der Waals surface area contributed by atoms with Crippen molar-refractivity contribution in [3.8, 4) is 0 Å². The van der Waals surface area contributed by atoms with Gasteiger partial charge < -0.3 is 21.1 Å². The minimum atomic E-state index is -0.910. The average molecular weight is 376 g/mol. The Hall–Kier alpha value is -3.14. The molecule has 6 N–H and O–H groups in total. The van der Waals surface area contributed by atoms with Gasteiger partial charge in [0.25, 0.3) is 11.8 Å². The molecule has 0 radical (unpaired) electrons. The Morgan fingerprint density at radius 1 is 1.11 bits per heavy atom. The van der Waals surface area contributed by atoms with E-state index in [0.717, 1.165) is 0 Å². The standard InChI is InChI=1S/C17H24N6O4/c18-17(19)22-7-9-23(10-8-22)21-16(27)13-4-1-3-12(11-13)15(26)20-6-2-5-14(24)25/h1,3-4,11H,2,5-10H2,(H3,18,19)(H,20,26)(H,21,27)(H,24,25). The van der Waals surface area contributed by atoms with Crippen LogP contribution in [0.4, 0.5) is 0 Å². The highest BCUT2D eigenvalue weighted by Crippen LogP contribution is 2.07. The first-order chi connectivity index (χ1) is 12.9. The van der Waals surface area contributed by atoms with Crippen molar-refractivity contribution in [3.05, 3.63) is 35.4 Å². The zero-order valence-electron chi connectivity index (χ0n) is 14.9. The Morgan fingerprint density at radius 3 is 2.33 bits per heavy atom. The molecule has 10 nitrogen and oxygen atoms in total. The summed E-state index contributed by atoms with van der Waals surface area (Å²) in [6.45, 7) is 2.43. The number of hydrogen-bond donors (Lipinski definition) is 5. The number of hydrazine groups is 1. The van der Waals surface area contributed by atoms with Gasteiger partial charge >= 0.3 is 5.97 Å². The molecule has 1 aliphatic heterocycles. The zero-order chi connectivity index (χ0) is 19.8. The maximum atomic E-state index is 12.4. The van der Waals surface area contributed by atoms with Gasteiger partial charge in [-0.1, -0.05) is 6.07 Å². The van der Waals surface area contributed by atoms with E-state index in [0.29, 0.717) is 43.7 Å². The summed E-state index contributed by atoms with van der Waals surface area (Å²) in [5, 5.41) is 20.4. The number of nitrogens with two attached hydrogens (primary N) is 1. The number of carboxylic acid groups (broad SMARTS) is 1. The molecular formula is C17H24N6O4. The number of amides is 2. The highest BCUT2D eigenvalue weighted by molar-refractivity contribution is 5.99. The van der Waals surface area contributed by atoms with Crippen molar-refractivity contribution in [2.75, 3.05) is 32.7 Å².